The van der Waals surface area contributed by atoms with E-state index < -0.39 is 0 Å². The maximum absolute atomic E-state index is 5.73. The summed E-state index contributed by atoms with van der Waals surface area (Å²) in [5.41, 5.74) is 7.52. The lowest BCUT2D eigenvalue weighted by molar-refractivity contribution is 0.0644. The molecule has 4 heteroatoms. The Bertz CT molecular complexity index is 351. The van der Waals surface area contributed by atoms with Gasteiger partial charge in [0.05, 0.1) is 36.3 Å². The standard InChI is InChI=1S/C11H17N3O/c1-11(2)8-15-4-3-14(11)10-5-9(12)6-13-7-10/h5-7H,3-4,8,12H2,1-2H3. The fourth-order valence-electron chi connectivity index (χ4n) is 1.93. The number of anilines is 2. The summed E-state index contributed by atoms with van der Waals surface area (Å²) in [7, 11) is 0. The van der Waals surface area contributed by atoms with Crippen LogP contribution in [-0.2, 0) is 4.74 Å². The Morgan fingerprint density at radius 1 is 1.47 bits per heavy atom. The molecule has 0 aromatic carbocycles. The largest absolute Gasteiger partial charge is 0.397 e. The Morgan fingerprint density at radius 2 is 2.27 bits per heavy atom. The van der Waals surface area contributed by atoms with Gasteiger partial charge in [0.1, 0.15) is 0 Å². The number of hydrogen-bond donors (Lipinski definition) is 1. The second kappa shape index (κ2) is 3.70. The van der Waals surface area contributed by atoms with E-state index in [4.69, 9.17) is 10.5 Å². The van der Waals surface area contributed by atoms with Crippen molar-refractivity contribution in [3.8, 4) is 0 Å². The molecule has 1 saturated heterocycles. The topological polar surface area (TPSA) is 51.4 Å². The quantitative estimate of drug-likeness (QED) is 0.753. The first kappa shape index (κ1) is 10.2. The second-order valence-electron chi connectivity index (χ2n) is 4.49. The van der Waals surface area contributed by atoms with Crippen molar-refractivity contribution >= 4 is 11.4 Å². The van der Waals surface area contributed by atoms with Crippen LogP contribution in [0.2, 0.25) is 0 Å². The summed E-state index contributed by atoms with van der Waals surface area (Å²) < 4.78 is 5.47. The minimum atomic E-state index is 0.00766. The van der Waals surface area contributed by atoms with Crippen molar-refractivity contribution in [3.63, 3.8) is 0 Å². The molecule has 0 atom stereocenters. The van der Waals surface area contributed by atoms with Gasteiger partial charge in [-0.25, -0.2) is 0 Å². The van der Waals surface area contributed by atoms with Crippen LogP contribution in [0.15, 0.2) is 18.5 Å². The van der Waals surface area contributed by atoms with Gasteiger partial charge in [-0.05, 0) is 19.9 Å². The molecule has 1 aromatic heterocycles. The first-order valence-electron chi connectivity index (χ1n) is 5.15. The predicted octanol–water partition coefficient (Wildman–Crippen LogP) is 1.28. The summed E-state index contributed by atoms with van der Waals surface area (Å²) in [5, 5.41) is 0. The van der Waals surface area contributed by atoms with E-state index in [0.717, 1.165) is 25.4 Å². The molecule has 0 unspecified atom stereocenters. The van der Waals surface area contributed by atoms with Crippen LogP contribution in [0.1, 0.15) is 13.8 Å². The van der Waals surface area contributed by atoms with Crippen molar-refractivity contribution in [2.45, 2.75) is 19.4 Å². The maximum Gasteiger partial charge on any atom is 0.0694 e. The molecule has 82 valence electrons. The van der Waals surface area contributed by atoms with Crippen molar-refractivity contribution in [1.29, 1.82) is 0 Å². The summed E-state index contributed by atoms with van der Waals surface area (Å²) in [6.45, 7) is 6.71. The van der Waals surface area contributed by atoms with Gasteiger partial charge in [0.2, 0.25) is 0 Å². The first-order chi connectivity index (χ1) is 7.09. The van der Waals surface area contributed by atoms with Crippen LogP contribution in [0.4, 0.5) is 11.4 Å². The molecule has 0 aliphatic carbocycles. The third-order valence-electron chi connectivity index (χ3n) is 2.70. The van der Waals surface area contributed by atoms with Gasteiger partial charge in [-0.1, -0.05) is 0 Å². The molecule has 1 fully saturated rings. The van der Waals surface area contributed by atoms with Gasteiger partial charge in [-0.2, -0.15) is 0 Å². The van der Waals surface area contributed by atoms with Crippen molar-refractivity contribution in [3.05, 3.63) is 18.5 Å². The Labute approximate surface area is 90.0 Å². The van der Waals surface area contributed by atoms with Gasteiger partial charge in [0, 0.05) is 12.7 Å². The Hall–Kier alpha value is -1.29. The van der Waals surface area contributed by atoms with Crippen molar-refractivity contribution in [2.75, 3.05) is 30.4 Å². The van der Waals surface area contributed by atoms with Gasteiger partial charge >= 0.3 is 0 Å². The predicted molar refractivity (Wildman–Crippen MR) is 60.9 cm³/mol. The van der Waals surface area contributed by atoms with Gasteiger partial charge in [-0.15, -0.1) is 0 Å². The van der Waals surface area contributed by atoms with E-state index >= 15 is 0 Å². The molecular weight excluding hydrogens is 190 g/mol. The zero-order valence-electron chi connectivity index (χ0n) is 9.23. The number of aromatic nitrogens is 1. The number of rotatable bonds is 1. The maximum atomic E-state index is 5.73. The van der Waals surface area contributed by atoms with Gasteiger partial charge in [0.25, 0.3) is 0 Å². The lowest BCUT2D eigenvalue weighted by atomic mass is 10.0. The number of ether oxygens (including phenoxy) is 1. The lowest BCUT2D eigenvalue weighted by Crippen LogP contribution is -2.53. The Balaban J connectivity index is 2.29. The van der Waals surface area contributed by atoms with Crippen LogP contribution in [0.5, 0.6) is 0 Å². The second-order valence-corrected chi connectivity index (χ2v) is 4.49. The molecule has 2 rings (SSSR count). The van der Waals surface area contributed by atoms with E-state index in [2.05, 4.69) is 23.7 Å². The molecule has 0 amide bonds. The van der Waals surface area contributed by atoms with Crippen LogP contribution in [0.25, 0.3) is 0 Å². The molecule has 0 radical (unpaired) electrons. The minimum Gasteiger partial charge on any atom is -0.397 e. The van der Waals surface area contributed by atoms with Crippen LogP contribution in [-0.4, -0.2) is 30.3 Å². The number of morpholine rings is 1. The number of nitrogens with zero attached hydrogens (tertiary/aromatic N) is 2. The summed E-state index contributed by atoms with van der Waals surface area (Å²) >= 11 is 0. The zero-order chi connectivity index (χ0) is 10.9. The lowest BCUT2D eigenvalue weighted by Gasteiger charge is -2.43. The molecule has 2 N–H and O–H groups in total. The molecule has 15 heavy (non-hydrogen) atoms. The van der Waals surface area contributed by atoms with Crippen LogP contribution in [0.3, 0.4) is 0 Å². The Morgan fingerprint density at radius 3 is 2.93 bits per heavy atom. The van der Waals surface area contributed by atoms with E-state index in [1.54, 1.807) is 6.20 Å². The normalized spacial score (nSPS) is 20.3. The van der Waals surface area contributed by atoms with E-state index in [1.165, 1.54) is 0 Å². The first-order valence-corrected chi connectivity index (χ1v) is 5.15. The minimum absolute atomic E-state index is 0.00766. The number of nitrogens with two attached hydrogens (primary N) is 1. The van der Waals surface area contributed by atoms with Crippen LogP contribution >= 0.6 is 0 Å². The summed E-state index contributed by atoms with van der Waals surface area (Å²) in [6.07, 6.45) is 3.51. The molecule has 2 heterocycles. The van der Waals surface area contributed by atoms with Crippen LogP contribution < -0.4 is 10.6 Å². The van der Waals surface area contributed by atoms with Gasteiger partial charge < -0.3 is 15.4 Å². The third-order valence-corrected chi connectivity index (χ3v) is 2.70. The van der Waals surface area contributed by atoms with E-state index in [0.29, 0.717) is 5.69 Å². The van der Waals surface area contributed by atoms with E-state index in [1.807, 2.05) is 12.3 Å². The van der Waals surface area contributed by atoms with Crippen molar-refractivity contribution in [2.24, 2.45) is 0 Å². The highest BCUT2D eigenvalue weighted by Crippen LogP contribution is 2.27. The molecule has 0 bridgehead atoms. The molecule has 1 aliphatic heterocycles. The number of hydrogen-bond acceptors (Lipinski definition) is 4. The monoisotopic (exact) mass is 207 g/mol. The fraction of sp³-hybridized carbons (Fsp3) is 0.545. The highest BCUT2D eigenvalue weighted by atomic mass is 16.5. The summed E-state index contributed by atoms with van der Waals surface area (Å²) in [6, 6.07) is 1.96. The third kappa shape index (κ3) is 2.04. The van der Waals surface area contributed by atoms with Crippen molar-refractivity contribution in [1.82, 2.24) is 4.98 Å². The number of nitrogen functional groups attached to an aromatic ring is 1. The summed E-state index contributed by atoms with van der Waals surface area (Å²) in [5.74, 6) is 0. The van der Waals surface area contributed by atoms with Crippen LogP contribution in [0, 0.1) is 0 Å². The zero-order valence-corrected chi connectivity index (χ0v) is 9.23. The van der Waals surface area contributed by atoms with E-state index in [9.17, 15) is 0 Å². The Kier molecular flexibility index (Phi) is 2.52. The van der Waals surface area contributed by atoms with Gasteiger partial charge in [-0.3, -0.25) is 4.98 Å². The molecule has 1 aromatic rings. The molecule has 0 saturated carbocycles. The highest BCUT2D eigenvalue weighted by Gasteiger charge is 2.30. The average molecular weight is 207 g/mol. The molecule has 1 aliphatic rings. The van der Waals surface area contributed by atoms with Gasteiger partial charge in [0.15, 0.2) is 0 Å². The molecule has 0 spiro atoms. The van der Waals surface area contributed by atoms with E-state index in [-0.39, 0.29) is 5.54 Å². The fourth-order valence-corrected chi connectivity index (χ4v) is 1.93. The number of pyridine rings is 1. The SMILES string of the molecule is CC1(C)COCCN1c1cncc(N)c1. The molecular formula is C11H17N3O. The van der Waals surface area contributed by atoms with Crippen molar-refractivity contribution < 1.29 is 4.74 Å². The molecule has 4 nitrogen and oxygen atoms in total. The summed E-state index contributed by atoms with van der Waals surface area (Å²) in [4.78, 5) is 6.41. The smallest absolute Gasteiger partial charge is 0.0694 e. The average Bonchev–Trinajstić information content (AvgIpc) is 2.17. The highest BCUT2D eigenvalue weighted by molar-refractivity contribution is 5.55.